The molecule has 35 heavy (non-hydrogen) atoms. The molecule has 0 radical (unpaired) electrons. The first-order valence-electron chi connectivity index (χ1n) is 11.5. The van der Waals surface area contributed by atoms with Crippen LogP contribution in [-0.2, 0) is 22.6 Å². The van der Waals surface area contributed by atoms with Gasteiger partial charge in [0.15, 0.2) is 12.4 Å². The van der Waals surface area contributed by atoms with Crippen LogP contribution in [0.1, 0.15) is 29.3 Å². The normalized spacial score (nSPS) is 13.7. The number of para-hydroxylation sites is 1. The highest BCUT2D eigenvalue weighted by atomic mass is 16.2. The Hall–Kier alpha value is -4.52. The Bertz CT molecular complexity index is 1510. The Morgan fingerprint density at radius 2 is 1.49 bits per heavy atom. The van der Waals surface area contributed by atoms with E-state index in [2.05, 4.69) is 5.10 Å². The van der Waals surface area contributed by atoms with Gasteiger partial charge >= 0.3 is 5.91 Å². The van der Waals surface area contributed by atoms with Gasteiger partial charge in [0.2, 0.25) is 0 Å². The molecule has 1 N–H and O–H groups in total. The van der Waals surface area contributed by atoms with Crippen LogP contribution in [0.25, 0.3) is 17.0 Å². The summed E-state index contributed by atoms with van der Waals surface area (Å²) in [5.74, 6) is -0.916. The minimum absolute atomic E-state index is 0.109. The Morgan fingerprint density at radius 3 is 2.17 bits per heavy atom. The standard InChI is InChI=1S/C28H24N4O3/c1-3-20-13-10-16-30(17-20)25-24(26(33)31(28(25)35)18-21-11-6-4-7-12-21)23-19(2)29-32(27(23)34)22-14-8-5-9-15-22/h4-17H,3,18H2,1-2H3/p+1. The van der Waals surface area contributed by atoms with Gasteiger partial charge in [0, 0.05) is 17.3 Å². The summed E-state index contributed by atoms with van der Waals surface area (Å²) in [7, 11) is 0. The second kappa shape index (κ2) is 9.02. The Balaban J connectivity index is 1.71. The van der Waals surface area contributed by atoms with E-state index in [0.29, 0.717) is 11.4 Å². The number of pyridine rings is 1. The molecule has 0 aliphatic carbocycles. The van der Waals surface area contributed by atoms with Gasteiger partial charge in [-0.3, -0.25) is 24.4 Å². The number of hydrogen-bond donors (Lipinski definition) is 1. The van der Waals surface area contributed by atoms with Crippen LogP contribution in [0.2, 0.25) is 0 Å². The number of nitrogens with zero attached hydrogens (tertiary/aromatic N) is 3. The van der Waals surface area contributed by atoms with Crippen molar-refractivity contribution in [1.29, 1.82) is 0 Å². The quantitative estimate of drug-likeness (QED) is 0.351. The van der Waals surface area contributed by atoms with Crippen LogP contribution in [0.15, 0.2) is 90.0 Å². The van der Waals surface area contributed by atoms with Gasteiger partial charge in [-0.05, 0) is 37.1 Å². The van der Waals surface area contributed by atoms with Crippen LogP contribution < -0.4 is 10.1 Å². The second-order valence-corrected chi connectivity index (χ2v) is 8.47. The van der Waals surface area contributed by atoms with Crippen molar-refractivity contribution in [2.45, 2.75) is 26.8 Å². The van der Waals surface area contributed by atoms with Crippen molar-refractivity contribution in [2.24, 2.45) is 0 Å². The minimum atomic E-state index is -0.484. The summed E-state index contributed by atoms with van der Waals surface area (Å²) in [6, 6.07) is 22.3. The maximum atomic E-state index is 13.8. The van der Waals surface area contributed by atoms with Gasteiger partial charge in [-0.1, -0.05) is 55.5 Å². The van der Waals surface area contributed by atoms with Crippen LogP contribution in [0, 0.1) is 6.92 Å². The van der Waals surface area contributed by atoms with Crippen LogP contribution in [0.5, 0.6) is 0 Å². The van der Waals surface area contributed by atoms with Gasteiger partial charge in [-0.2, -0.15) is 4.57 Å². The van der Waals surface area contributed by atoms with E-state index >= 15 is 0 Å². The van der Waals surface area contributed by atoms with E-state index in [4.69, 9.17) is 0 Å². The van der Waals surface area contributed by atoms with E-state index in [0.717, 1.165) is 17.5 Å². The molecule has 174 valence electrons. The first kappa shape index (κ1) is 22.3. The topological polar surface area (TPSA) is 79.1 Å². The predicted octanol–water partition coefficient (Wildman–Crippen LogP) is 3.26. The highest BCUT2D eigenvalue weighted by Gasteiger charge is 2.47. The van der Waals surface area contributed by atoms with E-state index in [9.17, 15) is 14.4 Å². The molecule has 0 fully saturated rings. The number of benzene rings is 2. The third kappa shape index (κ3) is 3.91. The summed E-state index contributed by atoms with van der Waals surface area (Å²) in [4.78, 5) is 42.3. The number of aryl methyl sites for hydroxylation is 2. The molecule has 0 unspecified atom stereocenters. The number of rotatable bonds is 6. The first-order valence-corrected chi connectivity index (χ1v) is 11.5. The van der Waals surface area contributed by atoms with E-state index < -0.39 is 11.8 Å². The largest absolute Gasteiger partial charge is 0.327 e. The highest BCUT2D eigenvalue weighted by molar-refractivity contribution is 6.44. The van der Waals surface area contributed by atoms with Crippen LogP contribution >= 0.6 is 0 Å². The molecule has 7 heteroatoms. The molecule has 0 saturated carbocycles. The molecule has 1 aliphatic heterocycles. The fourth-order valence-corrected chi connectivity index (χ4v) is 4.41. The lowest BCUT2D eigenvalue weighted by molar-refractivity contribution is -0.577. The van der Waals surface area contributed by atoms with Crippen molar-refractivity contribution >= 4 is 23.1 Å². The van der Waals surface area contributed by atoms with Crippen molar-refractivity contribution in [3.8, 4) is 5.69 Å². The molecule has 2 aromatic heterocycles. The molecule has 0 spiro atoms. The average molecular weight is 466 g/mol. The van der Waals surface area contributed by atoms with E-state index in [-0.39, 0.29) is 28.9 Å². The van der Waals surface area contributed by atoms with Crippen LogP contribution in [0.3, 0.4) is 0 Å². The smallest absolute Gasteiger partial charge is 0.295 e. The third-order valence-corrected chi connectivity index (χ3v) is 6.19. The zero-order valence-corrected chi connectivity index (χ0v) is 19.6. The highest BCUT2D eigenvalue weighted by Crippen LogP contribution is 2.31. The lowest BCUT2D eigenvalue weighted by Gasteiger charge is -2.13. The van der Waals surface area contributed by atoms with E-state index in [1.807, 2.05) is 73.8 Å². The number of hydrogen-bond acceptors (Lipinski definition) is 3. The van der Waals surface area contributed by atoms with Gasteiger partial charge in [0.1, 0.15) is 5.57 Å². The number of carbonyl (C=O) groups excluding carboxylic acids is 2. The number of carbonyl (C=O) groups is 2. The monoisotopic (exact) mass is 465 g/mol. The summed E-state index contributed by atoms with van der Waals surface area (Å²) in [5, 5.41) is 3.08. The van der Waals surface area contributed by atoms with Crippen molar-refractivity contribution in [1.82, 2.24) is 14.7 Å². The minimum Gasteiger partial charge on any atom is -0.295 e. The van der Waals surface area contributed by atoms with Gasteiger partial charge in [-0.15, -0.1) is 0 Å². The zero-order valence-electron chi connectivity index (χ0n) is 19.6. The molecule has 7 nitrogen and oxygen atoms in total. The van der Waals surface area contributed by atoms with Gasteiger partial charge in [-0.25, -0.2) is 4.68 Å². The van der Waals surface area contributed by atoms with Crippen molar-refractivity contribution in [3.63, 3.8) is 0 Å². The maximum absolute atomic E-state index is 13.8. The Labute approximate surface area is 202 Å². The molecule has 4 aromatic rings. The van der Waals surface area contributed by atoms with E-state index in [1.165, 1.54) is 9.58 Å². The molecular weight excluding hydrogens is 440 g/mol. The molecular formula is C28H25N4O3+. The number of aromatic amines is 1. The van der Waals surface area contributed by atoms with Crippen molar-refractivity contribution < 1.29 is 14.2 Å². The maximum Gasteiger partial charge on any atom is 0.327 e. The molecule has 1 aliphatic rings. The average Bonchev–Trinajstić information content (AvgIpc) is 3.31. The predicted molar refractivity (Wildman–Crippen MR) is 132 cm³/mol. The van der Waals surface area contributed by atoms with Gasteiger partial charge < -0.3 is 0 Å². The van der Waals surface area contributed by atoms with Crippen LogP contribution in [-0.4, -0.2) is 26.5 Å². The lowest BCUT2D eigenvalue weighted by atomic mass is 10.1. The Kier molecular flexibility index (Phi) is 5.74. The number of nitrogens with one attached hydrogen (secondary N) is 1. The molecule has 2 aromatic carbocycles. The molecule has 0 bridgehead atoms. The lowest BCUT2D eigenvalue weighted by Crippen LogP contribution is -2.39. The summed E-state index contributed by atoms with van der Waals surface area (Å²) in [6.45, 7) is 3.88. The summed E-state index contributed by atoms with van der Waals surface area (Å²) in [5.41, 5.74) is 3.11. The zero-order chi connectivity index (χ0) is 24.5. The van der Waals surface area contributed by atoms with Crippen molar-refractivity contribution in [2.75, 3.05) is 0 Å². The number of H-pyrrole nitrogens is 1. The van der Waals surface area contributed by atoms with Crippen LogP contribution in [0.4, 0.5) is 0 Å². The van der Waals surface area contributed by atoms with Gasteiger partial charge in [0.05, 0.1) is 17.8 Å². The fourth-order valence-electron chi connectivity index (χ4n) is 4.41. The molecule has 3 heterocycles. The number of amides is 2. The molecule has 0 atom stereocenters. The molecule has 5 rings (SSSR count). The second-order valence-electron chi connectivity index (χ2n) is 8.47. The Morgan fingerprint density at radius 1 is 0.829 bits per heavy atom. The third-order valence-electron chi connectivity index (χ3n) is 6.19. The summed E-state index contributed by atoms with van der Waals surface area (Å²) in [6.07, 6.45) is 4.34. The van der Waals surface area contributed by atoms with Crippen molar-refractivity contribution in [3.05, 3.63) is 118 Å². The molecule has 0 saturated heterocycles. The summed E-state index contributed by atoms with van der Waals surface area (Å²) >= 11 is 0. The molecule has 2 amide bonds. The SMILES string of the molecule is CCc1ccc[n+](C2=C(c3c(C)[nH]n(-c4ccccc4)c3=O)C(=O)N(Cc3ccccc3)C2=O)c1. The number of imide groups is 1. The van der Waals surface area contributed by atoms with E-state index in [1.54, 1.807) is 29.8 Å². The summed E-state index contributed by atoms with van der Waals surface area (Å²) < 4.78 is 3.07. The fraction of sp³-hybridized carbons (Fsp3) is 0.143. The van der Waals surface area contributed by atoms with Gasteiger partial charge in [0.25, 0.3) is 17.2 Å². The number of aromatic nitrogens is 3. The first-order chi connectivity index (χ1) is 17.0.